The summed E-state index contributed by atoms with van der Waals surface area (Å²) in [5.74, 6) is 1.26. The van der Waals surface area contributed by atoms with Crippen LogP contribution in [0.15, 0.2) is 22.6 Å². The van der Waals surface area contributed by atoms with E-state index in [4.69, 9.17) is 4.42 Å². The van der Waals surface area contributed by atoms with Gasteiger partial charge in [0.25, 0.3) is 0 Å². The third-order valence-corrected chi connectivity index (χ3v) is 2.51. The topological polar surface area (TPSA) is 71.2 Å². The van der Waals surface area contributed by atoms with Crippen LogP contribution in [0.3, 0.4) is 0 Å². The second-order valence-electron chi connectivity index (χ2n) is 3.86. The zero-order valence-electron chi connectivity index (χ0n) is 9.90. The molecule has 0 saturated heterocycles. The van der Waals surface area contributed by atoms with E-state index in [2.05, 4.69) is 15.5 Å². The van der Waals surface area contributed by atoms with Gasteiger partial charge in [-0.15, -0.1) is 10.2 Å². The second-order valence-corrected chi connectivity index (χ2v) is 3.86. The zero-order valence-corrected chi connectivity index (χ0v) is 9.90. The van der Waals surface area contributed by atoms with Crippen LogP contribution >= 0.6 is 0 Å². The molecule has 0 aliphatic rings. The highest BCUT2D eigenvalue weighted by atomic mass is 16.4. The maximum Gasteiger partial charge on any atom is 0.247 e. The lowest BCUT2D eigenvalue weighted by molar-refractivity contribution is 0.470. The fourth-order valence-electron chi connectivity index (χ4n) is 1.45. The number of hydrogen-bond donors (Lipinski definition) is 2. The van der Waals surface area contributed by atoms with Crippen molar-refractivity contribution in [2.45, 2.75) is 13.3 Å². The van der Waals surface area contributed by atoms with E-state index in [0.717, 1.165) is 17.7 Å². The molecule has 0 spiro atoms. The molecule has 0 saturated carbocycles. The van der Waals surface area contributed by atoms with Crippen LogP contribution in [0.1, 0.15) is 11.5 Å². The van der Waals surface area contributed by atoms with Crippen molar-refractivity contribution in [1.29, 1.82) is 0 Å². The van der Waals surface area contributed by atoms with Gasteiger partial charge in [-0.25, -0.2) is 0 Å². The lowest BCUT2D eigenvalue weighted by Crippen LogP contribution is -2.10. The smallest absolute Gasteiger partial charge is 0.247 e. The van der Waals surface area contributed by atoms with Crippen molar-refractivity contribution in [3.05, 3.63) is 29.7 Å². The van der Waals surface area contributed by atoms with Crippen molar-refractivity contribution in [2.75, 3.05) is 13.6 Å². The van der Waals surface area contributed by atoms with E-state index in [9.17, 15) is 5.11 Å². The summed E-state index contributed by atoms with van der Waals surface area (Å²) >= 11 is 0. The van der Waals surface area contributed by atoms with Gasteiger partial charge in [0, 0.05) is 18.5 Å². The number of likely N-dealkylation sites (N-methyl/N-ethyl adjacent to an activating group) is 1. The Morgan fingerprint density at radius 1 is 1.35 bits per heavy atom. The van der Waals surface area contributed by atoms with Crippen molar-refractivity contribution in [3.8, 4) is 17.2 Å². The molecule has 1 heterocycles. The van der Waals surface area contributed by atoms with Crippen LogP contribution in [-0.2, 0) is 6.42 Å². The zero-order chi connectivity index (χ0) is 12.3. The van der Waals surface area contributed by atoms with Crippen LogP contribution in [0.2, 0.25) is 0 Å². The number of nitrogens with zero attached hydrogens (tertiary/aromatic N) is 2. The van der Waals surface area contributed by atoms with Crippen molar-refractivity contribution < 1.29 is 9.52 Å². The summed E-state index contributed by atoms with van der Waals surface area (Å²) in [6.07, 6.45) is 0.696. The molecule has 5 heteroatoms. The molecule has 0 amide bonds. The van der Waals surface area contributed by atoms with Crippen LogP contribution in [0, 0.1) is 6.92 Å². The van der Waals surface area contributed by atoms with Crippen LogP contribution in [0.4, 0.5) is 0 Å². The largest absolute Gasteiger partial charge is 0.508 e. The number of hydrogen-bond acceptors (Lipinski definition) is 5. The lowest BCUT2D eigenvalue weighted by atomic mass is 10.1. The molecule has 2 rings (SSSR count). The van der Waals surface area contributed by atoms with E-state index >= 15 is 0 Å². The van der Waals surface area contributed by atoms with Gasteiger partial charge in [0.1, 0.15) is 5.75 Å². The van der Waals surface area contributed by atoms with Crippen LogP contribution < -0.4 is 5.32 Å². The molecule has 0 fully saturated rings. The molecule has 90 valence electrons. The van der Waals surface area contributed by atoms with Gasteiger partial charge >= 0.3 is 0 Å². The van der Waals surface area contributed by atoms with Gasteiger partial charge < -0.3 is 14.8 Å². The first-order valence-electron chi connectivity index (χ1n) is 5.47. The molecule has 17 heavy (non-hydrogen) atoms. The molecule has 2 N–H and O–H groups in total. The first-order valence-corrected chi connectivity index (χ1v) is 5.47. The van der Waals surface area contributed by atoms with Gasteiger partial charge in [-0.3, -0.25) is 0 Å². The minimum atomic E-state index is 0.234. The Labute approximate surface area is 99.5 Å². The quantitative estimate of drug-likeness (QED) is 0.837. The Bertz CT molecular complexity index is 508. The summed E-state index contributed by atoms with van der Waals surface area (Å²) in [5, 5.41) is 20.5. The van der Waals surface area contributed by atoms with Gasteiger partial charge in [-0.05, 0) is 31.7 Å². The fraction of sp³-hybridized carbons (Fsp3) is 0.333. The van der Waals surface area contributed by atoms with Gasteiger partial charge in [-0.2, -0.15) is 0 Å². The summed E-state index contributed by atoms with van der Waals surface area (Å²) in [6.45, 7) is 2.63. The number of benzene rings is 1. The normalized spacial score (nSPS) is 10.7. The number of aromatic hydroxyl groups is 1. The minimum absolute atomic E-state index is 0.234. The first kappa shape index (κ1) is 11.6. The number of phenols is 1. The molecule has 0 aliphatic heterocycles. The Morgan fingerprint density at radius 2 is 2.18 bits per heavy atom. The van der Waals surface area contributed by atoms with Gasteiger partial charge in [-0.1, -0.05) is 6.07 Å². The van der Waals surface area contributed by atoms with E-state index in [1.165, 1.54) is 0 Å². The van der Waals surface area contributed by atoms with Crippen molar-refractivity contribution >= 4 is 0 Å². The summed E-state index contributed by atoms with van der Waals surface area (Å²) in [5.41, 5.74) is 1.56. The Balaban J connectivity index is 2.21. The lowest BCUT2D eigenvalue weighted by Gasteiger charge is -1.99. The van der Waals surface area contributed by atoms with Crippen LogP contribution in [-0.4, -0.2) is 28.9 Å². The number of phenolic OH excluding ortho intramolecular Hbond substituents is 1. The summed E-state index contributed by atoms with van der Waals surface area (Å²) in [6, 6.07) is 5.30. The summed E-state index contributed by atoms with van der Waals surface area (Å²) in [7, 11) is 1.87. The molecule has 0 bridgehead atoms. The van der Waals surface area contributed by atoms with Gasteiger partial charge in [0.05, 0.1) is 0 Å². The average Bonchev–Trinajstić information content (AvgIpc) is 2.79. The Kier molecular flexibility index (Phi) is 3.39. The fourth-order valence-corrected chi connectivity index (χ4v) is 1.45. The SMILES string of the molecule is CNCCc1nnc(-c2ccc(C)c(O)c2)o1. The summed E-state index contributed by atoms with van der Waals surface area (Å²) in [4.78, 5) is 0. The first-order chi connectivity index (χ1) is 8.20. The molecule has 0 atom stereocenters. The molecule has 5 nitrogen and oxygen atoms in total. The van der Waals surface area contributed by atoms with E-state index < -0.39 is 0 Å². The number of aryl methyl sites for hydroxylation is 1. The van der Waals surface area contributed by atoms with E-state index in [0.29, 0.717) is 18.2 Å². The Hall–Kier alpha value is -1.88. The van der Waals surface area contributed by atoms with Crippen LogP contribution in [0.5, 0.6) is 5.75 Å². The average molecular weight is 233 g/mol. The minimum Gasteiger partial charge on any atom is -0.508 e. The number of aromatic nitrogens is 2. The molecule has 2 aromatic rings. The van der Waals surface area contributed by atoms with Crippen molar-refractivity contribution in [1.82, 2.24) is 15.5 Å². The summed E-state index contributed by atoms with van der Waals surface area (Å²) < 4.78 is 5.49. The molecule has 0 unspecified atom stereocenters. The molecule has 0 aliphatic carbocycles. The predicted octanol–water partition coefficient (Wildman–Crippen LogP) is 1.51. The number of rotatable bonds is 4. The Morgan fingerprint density at radius 3 is 2.88 bits per heavy atom. The molecular formula is C12H15N3O2. The predicted molar refractivity (Wildman–Crippen MR) is 63.8 cm³/mol. The molecular weight excluding hydrogens is 218 g/mol. The maximum absolute atomic E-state index is 9.61. The maximum atomic E-state index is 9.61. The van der Waals surface area contributed by atoms with Crippen molar-refractivity contribution in [3.63, 3.8) is 0 Å². The monoisotopic (exact) mass is 233 g/mol. The second kappa shape index (κ2) is 4.97. The van der Waals surface area contributed by atoms with E-state index in [1.54, 1.807) is 6.07 Å². The molecule has 0 radical (unpaired) electrons. The third kappa shape index (κ3) is 2.62. The van der Waals surface area contributed by atoms with Gasteiger partial charge in [0.15, 0.2) is 0 Å². The highest BCUT2D eigenvalue weighted by Gasteiger charge is 2.09. The third-order valence-electron chi connectivity index (χ3n) is 2.51. The number of nitrogens with one attached hydrogen (secondary N) is 1. The van der Waals surface area contributed by atoms with Crippen LogP contribution in [0.25, 0.3) is 11.5 Å². The van der Waals surface area contributed by atoms with E-state index in [-0.39, 0.29) is 5.75 Å². The molecule has 1 aromatic heterocycles. The van der Waals surface area contributed by atoms with Crippen molar-refractivity contribution in [2.24, 2.45) is 0 Å². The highest BCUT2D eigenvalue weighted by Crippen LogP contribution is 2.24. The standard InChI is InChI=1S/C12H15N3O2/c1-8-3-4-9(7-10(8)16)12-15-14-11(17-12)5-6-13-2/h3-4,7,13,16H,5-6H2,1-2H3. The van der Waals surface area contributed by atoms with Gasteiger partial charge in [0.2, 0.25) is 11.8 Å². The highest BCUT2D eigenvalue weighted by molar-refractivity contribution is 5.57. The molecule has 1 aromatic carbocycles. The van der Waals surface area contributed by atoms with E-state index in [1.807, 2.05) is 26.1 Å².